The van der Waals surface area contributed by atoms with Crippen molar-refractivity contribution >= 4 is 39.8 Å². The van der Waals surface area contributed by atoms with E-state index in [9.17, 15) is 4.79 Å². The zero-order valence-electron chi connectivity index (χ0n) is 18.7. The maximum atomic E-state index is 11.7. The maximum absolute atomic E-state index is 11.7. The van der Waals surface area contributed by atoms with Gasteiger partial charge in [-0.2, -0.15) is 0 Å². The SMILES string of the molecule is C=CC(=O)Nc1cccc(-c2nccc3cnc(Nc4ccc(N5CCNCC5)cc4)nc23)c1. The molecule has 0 aliphatic carbocycles. The lowest BCUT2D eigenvalue weighted by molar-refractivity contribution is -0.111. The van der Waals surface area contributed by atoms with E-state index in [1.54, 1.807) is 12.4 Å². The highest BCUT2D eigenvalue weighted by Gasteiger charge is 2.12. The van der Waals surface area contributed by atoms with Gasteiger partial charge in [0.15, 0.2) is 0 Å². The van der Waals surface area contributed by atoms with Gasteiger partial charge >= 0.3 is 0 Å². The van der Waals surface area contributed by atoms with Crippen molar-refractivity contribution in [1.29, 1.82) is 0 Å². The first-order valence-electron chi connectivity index (χ1n) is 11.2. The molecule has 0 atom stereocenters. The third-order valence-corrected chi connectivity index (χ3v) is 5.69. The third-order valence-electron chi connectivity index (χ3n) is 5.69. The summed E-state index contributed by atoms with van der Waals surface area (Å²) in [5.74, 6) is 0.229. The second-order valence-electron chi connectivity index (χ2n) is 7.97. The molecule has 3 heterocycles. The molecule has 8 nitrogen and oxygen atoms in total. The molecule has 1 saturated heterocycles. The van der Waals surface area contributed by atoms with Crippen LogP contribution in [0.15, 0.2) is 79.6 Å². The number of fused-ring (bicyclic) bond motifs is 1. The first-order chi connectivity index (χ1) is 16.7. The quantitative estimate of drug-likeness (QED) is 0.382. The van der Waals surface area contributed by atoms with Crippen LogP contribution in [0, 0.1) is 0 Å². The van der Waals surface area contributed by atoms with Crippen molar-refractivity contribution < 1.29 is 4.79 Å². The van der Waals surface area contributed by atoms with E-state index in [4.69, 9.17) is 4.98 Å². The van der Waals surface area contributed by atoms with Crippen LogP contribution in [0.1, 0.15) is 0 Å². The van der Waals surface area contributed by atoms with Crippen LogP contribution in [0.4, 0.5) is 23.0 Å². The van der Waals surface area contributed by atoms with Gasteiger partial charge in [-0.25, -0.2) is 9.97 Å². The molecule has 0 unspecified atom stereocenters. The Bertz CT molecular complexity index is 1330. The van der Waals surface area contributed by atoms with Gasteiger partial charge < -0.3 is 20.9 Å². The fourth-order valence-corrected chi connectivity index (χ4v) is 3.97. The van der Waals surface area contributed by atoms with E-state index < -0.39 is 0 Å². The number of benzene rings is 2. The summed E-state index contributed by atoms with van der Waals surface area (Å²) in [5.41, 5.74) is 5.08. The van der Waals surface area contributed by atoms with Crippen LogP contribution in [-0.2, 0) is 4.79 Å². The molecule has 1 aliphatic heterocycles. The summed E-state index contributed by atoms with van der Waals surface area (Å²) in [4.78, 5) is 27.9. The number of pyridine rings is 1. The lowest BCUT2D eigenvalue weighted by Crippen LogP contribution is -2.43. The van der Waals surface area contributed by atoms with Crippen molar-refractivity contribution in [2.24, 2.45) is 0 Å². The monoisotopic (exact) mass is 451 g/mol. The van der Waals surface area contributed by atoms with Crippen LogP contribution >= 0.6 is 0 Å². The summed E-state index contributed by atoms with van der Waals surface area (Å²) in [6.45, 7) is 7.52. The van der Waals surface area contributed by atoms with Gasteiger partial charge in [0.1, 0.15) is 5.52 Å². The first-order valence-corrected chi connectivity index (χ1v) is 11.2. The number of rotatable bonds is 6. The number of carbonyl (C=O) groups is 1. The molecule has 4 aromatic rings. The molecule has 5 rings (SSSR count). The fourth-order valence-electron chi connectivity index (χ4n) is 3.97. The molecule has 34 heavy (non-hydrogen) atoms. The Labute approximate surface area is 197 Å². The van der Waals surface area contributed by atoms with Crippen LogP contribution in [0.2, 0.25) is 0 Å². The van der Waals surface area contributed by atoms with Crippen molar-refractivity contribution in [3.63, 3.8) is 0 Å². The minimum Gasteiger partial charge on any atom is -0.369 e. The van der Waals surface area contributed by atoms with E-state index in [1.807, 2.05) is 42.5 Å². The number of aromatic nitrogens is 3. The summed E-state index contributed by atoms with van der Waals surface area (Å²) in [7, 11) is 0. The van der Waals surface area contributed by atoms with Gasteiger partial charge in [-0.1, -0.05) is 18.7 Å². The van der Waals surface area contributed by atoms with Gasteiger partial charge in [0.25, 0.3) is 0 Å². The number of hydrogen-bond donors (Lipinski definition) is 3. The highest BCUT2D eigenvalue weighted by atomic mass is 16.1. The highest BCUT2D eigenvalue weighted by Crippen LogP contribution is 2.28. The van der Waals surface area contributed by atoms with Crippen molar-refractivity contribution in [2.45, 2.75) is 0 Å². The van der Waals surface area contributed by atoms with Gasteiger partial charge in [0.2, 0.25) is 11.9 Å². The predicted octanol–water partition coefficient (Wildman–Crippen LogP) is 3.97. The molecule has 0 bridgehead atoms. The Morgan fingerprint density at radius 1 is 1.03 bits per heavy atom. The summed E-state index contributed by atoms with van der Waals surface area (Å²) in [6.07, 6.45) is 4.76. The Kier molecular flexibility index (Phi) is 6.13. The van der Waals surface area contributed by atoms with Crippen LogP contribution in [0.5, 0.6) is 0 Å². The number of hydrogen-bond acceptors (Lipinski definition) is 7. The van der Waals surface area contributed by atoms with E-state index >= 15 is 0 Å². The smallest absolute Gasteiger partial charge is 0.247 e. The molecule has 2 aromatic carbocycles. The van der Waals surface area contributed by atoms with E-state index in [0.29, 0.717) is 17.3 Å². The Morgan fingerprint density at radius 3 is 2.65 bits per heavy atom. The average Bonchev–Trinajstić information content (AvgIpc) is 2.89. The second kappa shape index (κ2) is 9.68. The highest BCUT2D eigenvalue weighted by molar-refractivity contribution is 5.99. The van der Waals surface area contributed by atoms with Crippen molar-refractivity contribution in [3.8, 4) is 11.3 Å². The van der Waals surface area contributed by atoms with Crippen LogP contribution < -0.4 is 20.9 Å². The third kappa shape index (κ3) is 4.72. The van der Waals surface area contributed by atoms with Crippen molar-refractivity contribution in [3.05, 3.63) is 79.6 Å². The van der Waals surface area contributed by atoms with E-state index in [2.05, 4.69) is 49.5 Å². The Hall–Kier alpha value is -4.30. The topological polar surface area (TPSA) is 95.1 Å². The van der Waals surface area contributed by atoms with Crippen LogP contribution in [0.3, 0.4) is 0 Å². The molecule has 1 aliphatic rings. The zero-order valence-corrected chi connectivity index (χ0v) is 18.7. The number of anilines is 4. The second-order valence-corrected chi connectivity index (χ2v) is 7.97. The van der Waals surface area contributed by atoms with Gasteiger partial charge in [-0.3, -0.25) is 9.78 Å². The average molecular weight is 452 g/mol. The van der Waals surface area contributed by atoms with E-state index in [1.165, 1.54) is 11.8 Å². The standard InChI is InChI=1S/C26H25N7O/c1-2-23(34)30-21-5-3-4-18(16-21)24-25-19(10-11-28-24)17-29-26(32-25)31-20-6-8-22(9-7-20)33-14-12-27-13-15-33/h2-11,16-17,27H,1,12-15H2,(H,30,34)(H,29,31,32). The largest absolute Gasteiger partial charge is 0.369 e. The van der Waals surface area contributed by atoms with Crippen molar-refractivity contribution in [1.82, 2.24) is 20.3 Å². The lowest BCUT2D eigenvalue weighted by Gasteiger charge is -2.29. The minimum absolute atomic E-state index is 0.264. The number of nitrogens with zero attached hydrogens (tertiary/aromatic N) is 4. The molecule has 8 heteroatoms. The molecular formula is C26H25N7O. The fraction of sp³-hybridized carbons (Fsp3) is 0.154. The summed E-state index contributed by atoms with van der Waals surface area (Å²) >= 11 is 0. The van der Waals surface area contributed by atoms with Crippen molar-refractivity contribution in [2.75, 3.05) is 41.7 Å². The summed E-state index contributed by atoms with van der Waals surface area (Å²) in [5, 5.41) is 10.3. The minimum atomic E-state index is -0.264. The predicted molar refractivity (Wildman–Crippen MR) is 136 cm³/mol. The normalized spacial score (nSPS) is 13.5. The Morgan fingerprint density at radius 2 is 1.85 bits per heavy atom. The molecule has 1 fully saturated rings. The molecule has 3 N–H and O–H groups in total. The van der Waals surface area contributed by atoms with Gasteiger partial charge in [-0.15, -0.1) is 0 Å². The number of nitrogens with one attached hydrogen (secondary N) is 3. The molecule has 0 radical (unpaired) electrons. The van der Waals surface area contributed by atoms with Crippen LogP contribution in [0.25, 0.3) is 22.2 Å². The first kappa shape index (κ1) is 21.5. The van der Waals surface area contributed by atoms with E-state index in [-0.39, 0.29) is 5.91 Å². The number of amides is 1. The molecule has 1 amide bonds. The van der Waals surface area contributed by atoms with Gasteiger partial charge in [-0.05, 0) is 48.5 Å². The summed E-state index contributed by atoms with van der Waals surface area (Å²) in [6, 6.07) is 17.7. The molecule has 0 spiro atoms. The van der Waals surface area contributed by atoms with Gasteiger partial charge in [0, 0.05) is 66.6 Å². The number of carbonyl (C=O) groups excluding carboxylic acids is 1. The zero-order chi connectivity index (χ0) is 23.3. The molecule has 0 saturated carbocycles. The lowest BCUT2D eigenvalue weighted by atomic mass is 10.1. The number of piperazine rings is 1. The maximum Gasteiger partial charge on any atom is 0.247 e. The van der Waals surface area contributed by atoms with Gasteiger partial charge in [0.05, 0.1) is 5.69 Å². The van der Waals surface area contributed by atoms with E-state index in [0.717, 1.165) is 48.3 Å². The summed E-state index contributed by atoms with van der Waals surface area (Å²) < 4.78 is 0. The molecule has 2 aromatic heterocycles. The Balaban J connectivity index is 1.41. The molecular weight excluding hydrogens is 426 g/mol. The molecule has 170 valence electrons. The van der Waals surface area contributed by atoms with Crippen LogP contribution in [-0.4, -0.2) is 47.0 Å².